The molecule has 0 aliphatic rings. The fourth-order valence-corrected chi connectivity index (χ4v) is 0. The summed E-state index contributed by atoms with van der Waals surface area (Å²) in [6.45, 7) is 11.1. The lowest BCUT2D eigenvalue weighted by Crippen LogP contribution is -1.78. The summed E-state index contributed by atoms with van der Waals surface area (Å²) < 4.78 is 0. The summed E-state index contributed by atoms with van der Waals surface area (Å²) in [5.41, 5.74) is 0. The van der Waals surface area contributed by atoms with E-state index in [9.17, 15) is 0 Å². The van der Waals surface area contributed by atoms with Crippen LogP contribution in [0.1, 0.15) is 20.8 Å². The van der Waals surface area contributed by atoms with Crippen LogP contribution in [0, 0.1) is 0 Å². The lowest BCUT2D eigenvalue weighted by Gasteiger charge is -1.59. The molecule has 0 atom stereocenters. The fraction of sp³-hybridized carbons (Fsp3) is 0.500. The van der Waals surface area contributed by atoms with Gasteiger partial charge in [0.1, 0.15) is 0 Å². The molecule has 0 saturated carbocycles. The van der Waals surface area contributed by atoms with E-state index in [0.717, 1.165) is 6.92 Å². The van der Waals surface area contributed by atoms with E-state index < -0.39 is 5.97 Å². The highest BCUT2D eigenvalue weighted by molar-refractivity contribution is 5.62. The van der Waals surface area contributed by atoms with E-state index in [2.05, 4.69) is 13.2 Å². The number of carboxylic acids is 1. The Morgan fingerprint density at radius 1 is 1.38 bits per heavy atom. The second-order valence-corrected chi connectivity index (χ2v) is 0.519. The maximum atomic E-state index is 9.00. The molecule has 0 saturated heterocycles. The lowest BCUT2D eigenvalue weighted by molar-refractivity contribution is -0.134. The fourth-order valence-electron chi connectivity index (χ4n) is 0. The molecule has 0 bridgehead atoms. The first-order valence-electron chi connectivity index (χ1n) is 2.43. The summed E-state index contributed by atoms with van der Waals surface area (Å²) in [4.78, 5) is 9.00. The van der Waals surface area contributed by atoms with Gasteiger partial charge < -0.3 is 5.11 Å². The number of carboxylic acid groups (broad SMARTS) is 1. The molecule has 2 heteroatoms. The van der Waals surface area contributed by atoms with Gasteiger partial charge in [0.25, 0.3) is 5.97 Å². The van der Waals surface area contributed by atoms with Crippen LogP contribution < -0.4 is 0 Å². The molecule has 0 aromatic rings. The Kier molecular flexibility index (Phi) is 67.7. The first kappa shape index (κ1) is 15.7. The zero-order valence-corrected chi connectivity index (χ0v) is 5.77. The molecule has 8 heavy (non-hydrogen) atoms. The Bertz CT molecular complexity index is 37.8. The molecular weight excluding hydrogens is 104 g/mol. The van der Waals surface area contributed by atoms with Gasteiger partial charge in [-0.3, -0.25) is 4.79 Å². The normalized spacial score (nSPS) is 4.38. The van der Waals surface area contributed by atoms with Crippen molar-refractivity contribution in [3.63, 3.8) is 0 Å². The molecule has 0 aliphatic heterocycles. The topological polar surface area (TPSA) is 37.3 Å². The second kappa shape index (κ2) is 34.5. The molecule has 0 heterocycles. The molecule has 1 N–H and O–H groups in total. The van der Waals surface area contributed by atoms with Gasteiger partial charge in [-0.15, -0.1) is 13.2 Å². The van der Waals surface area contributed by atoms with E-state index in [4.69, 9.17) is 9.90 Å². The quantitative estimate of drug-likeness (QED) is 0.493. The maximum absolute atomic E-state index is 9.00. The lowest BCUT2D eigenvalue weighted by atomic mass is 10.9. The molecule has 0 rings (SSSR count). The predicted octanol–water partition coefficient (Wildman–Crippen LogP) is 1.92. The van der Waals surface area contributed by atoms with Crippen molar-refractivity contribution in [3.05, 3.63) is 13.2 Å². The minimum atomic E-state index is -0.833. The van der Waals surface area contributed by atoms with Crippen LogP contribution in [-0.4, -0.2) is 11.1 Å². The van der Waals surface area contributed by atoms with Crippen molar-refractivity contribution < 1.29 is 9.90 Å². The van der Waals surface area contributed by atoms with Crippen LogP contribution in [0.15, 0.2) is 13.2 Å². The highest BCUT2D eigenvalue weighted by atomic mass is 16.4. The van der Waals surface area contributed by atoms with Crippen LogP contribution in [0.4, 0.5) is 0 Å². The van der Waals surface area contributed by atoms with Gasteiger partial charge in [-0.2, -0.15) is 0 Å². The summed E-state index contributed by atoms with van der Waals surface area (Å²) in [6, 6.07) is 0. The third-order valence-corrected chi connectivity index (χ3v) is 0. The van der Waals surface area contributed by atoms with Crippen LogP contribution in [0.25, 0.3) is 0 Å². The molecule has 50 valence electrons. The van der Waals surface area contributed by atoms with Crippen molar-refractivity contribution in [1.82, 2.24) is 0 Å². The third kappa shape index (κ3) is 148. The van der Waals surface area contributed by atoms with E-state index in [1.165, 1.54) is 0 Å². The number of hydrogen-bond donors (Lipinski definition) is 1. The van der Waals surface area contributed by atoms with Gasteiger partial charge in [0, 0.05) is 6.92 Å². The second-order valence-electron chi connectivity index (χ2n) is 0.519. The first-order valence-corrected chi connectivity index (χ1v) is 2.43. The van der Waals surface area contributed by atoms with Gasteiger partial charge in [0.15, 0.2) is 0 Å². The van der Waals surface area contributed by atoms with Gasteiger partial charge in [0.05, 0.1) is 0 Å². The Labute approximate surface area is 50.8 Å². The zero-order valence-electron chi connectivity index (χ0n) is 5.77. The van der Waals surface area contributed by atoms with Crippen LogP contribution in [0.5, 0.6) is 0 Å². The minimum absolute atomic E-state index is 0.833. The Balaban J connectivity index is -0.0000000542. The van der Waals surface area contributed by atoms with Crippen molar-refractivity contribution in [2.45, 2.75) is 20.8 Å². The molecule has 0 spiro atoms. The Morgan fingerprint density at radius 2 is 1.38 bits per heavy atom. The van der Waals surface area contributed by atoms with Crippen LogP contribution in [-0.2, 0) is 4.79 Å². The van der Waals surface area contributed by atoms with Gasteiger partial charge in [0.2, 0.25) is 0 Å². The molecule has 2 nitrogen and oxygen atoms in total. The molecule has 0 amide bonds. The molecule has 0 fully saturated rings. The summed E-state index contributed by atoms with van der Waals surface area (Å²) in [7, 11) is 0. The highest BCUT2D eigenvalue weighted by Crippen LogP contribution is 1.42. The van der Waals surface area contributed by atoms with E-state index in [-0.39, 0.29) is 0 Å². The molecular formula is C6H14O2. The SMILES string of the molecule is C=C.CC.CC(=O)O. The Hall–Kier alpha value is -0.790. The average Bonchev–Trinajstić information content (AvgIpc) is 1.75. The molecule has 0 unspecified atom stereocenters. The maximum Gasteiger partial charge on any atom is 0.300 e. The summed E-state index contributed by atoms with van der Waals surface area (Å²) in [5.74, 6) is -0.833. The van der Waals surface area contributed by atoms with E-state index in [1.54, 1.807) is 0 Å². The number of aliphatic carboxylic acids is 1. The Morgan fingerprint density at radius 3 is 1.38 bits per heavy atom. The zero-order chi connectivity index (χ0) is 7.58. The van der Waals surface area contributed by atoms with Crippen molar-refractivity contribution in [3.8, 4) is 0 Å². The highest BCUT2D eigenvalue weighted by Gasteiger charge is 1.65. The molecule has 0 radical (unpaired) electrons. The van der Waals surface area contributed by atoms with Crippen molar-refractivity contribution >= 4 is 5.97 Å². The van der Waals surface area contributed by atoms with Gasteiger partial charge in [-0.25, -0.2) is 0 Å². The summed E-state index contributed by atoms with van der Waals surface area (Å²) in [6.07, 6.45) is 0. The number of carbonyl (C=O) groups is 1. The van der Waals surface area contributed by atoms with E-state index in [1.807, 2.05) is 13.8 Å². The van der Waals surface area contributed by atoms with Crippen LogP contribution in [0.3, 0.4) is 0 Å². The van der Waals surface area contributed by atoms with E-state index >= 15 is 0 Å². The molecule has 0 aliphatic carbocycles. The smallest absolute Gasteiger partial charge is 0.300 e. The molecule has 0 aromatic heterocycles. The van der Waals surface area contributed by atoms with Crippen molar-refractivity contribution in [2.75, 3.05) is 0 Å². The van der Waals surface area contributed by atoms with Crippen molar-refractivity contribution in [1.29, 1.82) is 0 Å². The molecule has 0 aromatic carbocycles. The summed E-state index contributed by atoms with van der Waals surface area (Å²) >= 11 is 0. The first-order chi connectivity index (χ1) is 3.73. The van der Waals surface area contributed by atoms with Crippen molar-refractivity contribution in [2.24, 2.45) is 0 Å². The van der Waals surface area contributed by atoms with Gasteiger partial charge in [-0.1, -0.05) is 13.8 Å². The predicted molar refractivity (Wildman–Crippen MR) is 35.9 cm³/mol. The van der Waals surface area contributed by atoms with Crippen LogP contribution >= 0.6 is 0 Å². The summed E-state index contributed by atoms with van der Waals surface area (Å²) in [5, 5.41) is 7.42. The minimum Gasteiger partial charge on any atom is -0.481 e. The monoisotopic (exact) mass is 118 g/mol. The third-order valence-electron chi connectivity index (χ3n) is 0. The van der Waals surface area contributed by atoms with E-state index in [0.29, 0.717) is 0 Å². The average molecular weight is 118 g/mol. The number of hydrogen-bond acceptors (Lipinski definition) is 1. The van der Waals surface area contributed by atoms with Gasteiger partial charge in [-0.05, 0) is 0 Å². The van der Waals surface area contributed by atoms with Crippen LogP contribution in [0.2, 0.25) is 0 Å². The largest absolute Gasteiger partial charge is 0.481 e. The number of rotatable bonds is 0. The van der Waals surface area contributed by atoms with Gasteiger partial charge >= 0.3 is 0 Å². The standard InChI is InChI=1S/C2H4O2.C2H6.C2H4/c1-2(3)4;2*1-2/h1H3,(H,3,4);1-2H3;1-2H2.